The average molecular weight is 155 g/mol. The predicted octanol–water partition coefficient (Wildman–Crippen LogP) is 1.97. The van der Waals surface area contributed by atoms with Crippen LogP contribution in [-0.2, 0) is 4.74 Å². The Morgan fingerprint density at radius 2 is 2.38 bits per heavy atom. The molecule has 1 aliphatic rings. The lowest BCUT2D eigenvalue weighted by molar-refractivity contribution is 0.0919. The van der Waals surface area contributed by atoms with Gasteiger partial charge in [-0.3, -0.25) is 0 Å². The summed E-state index contributed by atoms with van der Waals surface area (Å²) in [4.78, 5) is 0. The van der Waals surface area contributed by atoms with E-state index in [4.69, 9.17) is 27.9 Å². The standard InChI is InChI=1S/C5H8Cl2O/c1-5(7)4(6)2-3-8-5/h4H,2-3H2,1H3/t4-,5+/m1/s1. The molecule has 1 heterocycles. The van der Waals surface area contributed by atoms with Crippen molar-refractivity contribution in [3.8, 4) is 0 Å². The number of hydrogen-bond donors (Lipinski definition) is 0. The Bertz CT molecular complexity index is 92.4. The van der Waals surface area contributed by atoms with Gasteiger partial charge in [-0.1, -0.05) is 11.6 Å². The van der Waals surface area contributed by atoms with Crippen LogP contribution in [0.2, 0.25) is 0 Å². The van der Waals surface area contributed by atoms with Crippen molar-refractivity contribution in [2.45, 2.75) is 23.8 Å². The molecule has 0 aliphatic carbocycles. The molecular formula is C5H8Cl2O. The summed E-state index contributed by atoms with van der Waals surface area (Å²) >= 11 is 11.5. The third-order valence-electron chi connectivity index (χ3n) is 1.32. The zero-order valence-electron chi connectivity index (χ0n) is 4.66. The Labute approximate surface area is 58.9 Å². The van der Waals surface area contributed by atoms with Gasteiger partial charge in [0.05, 0.1) is 12.0 Å². The molecule has 0 N–H and O–H groups in total. The molecule has 0 saturated carbocycles. The van der Waals surface area contributed by atoms with Crippen LogP contribution in [0.4, 0.5) is 0 Å². The molecular weight excluding hydrogens is 147 g/mol. The monoisotopic (exact) mass is 154 g/mol. The largest absolute Gasteiger partial charge is 0.358 e. The second-order valence-corrected chi connectivity index (χ2v) is 3.37. The zero-order valence-corrected chi connectivity index (χ0v) is 6.17. The highest BCUT2D eigenvalue weighted by atomic mass is 35.5. The number of rotatable bonds is 0. The van der Waals surface area contributed by atoms with Crippen molar-refractivity contribution in [3.05, 3.63) is 0 Å². The Hall–Kier alpha value is 0.540. The highest BCUT2D eigenvalue weighted by Gasteiger charge is 2.36. The van der Waals surface area contributed by atoms with Crippen molar-refractivity contribution in [2.24, 2.45) is 0 Å². The first kappa shape index (κ1) is 6.66. The van der Waals surface area contributed by atoms with E-state index in [0.717, 1.165) is 6.42 Å². The van der Waals surface area contributed by atoms with Crippen molar-refractivity contribution in [2.75, 3.05) is 6.61 Å². The Morgan fingerprint density at radius 3 is 2.50 bits per heavy atom. The van der Waals surface area contributed by atoms with Crippen LogP contribution in [-0.4, -0.2) is 17.0 Å². The summed E-state index contributed by atoms with van der Waals surface area (Å²) in [5, 5.41) is -0.633. The fourth-order valence-corrected chi connectivity index (χ4v) is 1.05. The van der Waals surface area contributed by atoms with Gasteiger partial charge in [0, 0.05) is 0 Å². The van der Waals surface area contributed by atoms with Gasteiger partial charge in [-0.2, -0.15) is 0 Å². The highest BCUT2D eigenvalue weighted by molar-refractivity contribution is 6.31. The molecule has 8 heavy (non-hydrogen) atoms. The zero-order chi connectivity index (χ0) is 6.20. The molecule has 0 aromatic carbocycles. The maximum atomic E-state index is 5.76. The molecule has 2 atom stereocenters. The SMILES string of the molecule is C[C@]1(Cl)OCC[C@H]1Cl. The first-order chi connectivity index (χ1) is 3.63. The van der Waals surface area contributed by atoms with Crippen molar-refractivity contribution >= 4 is 23.2 Å². The van der Waals surface area contributed by atoms with Gasteiger partial charge in [0.2, 0.25) is 0 Å². The third-order valence-corrected chi connectivity index (χ3v) is 2.43. The van der Waals surface area contributed by atoms with E-state index in [0.29, 0.717) is 6.61 Å². The second kappa shape index (κ2) is 2.05. The molecule has 1 aliphatic heterocycles. The van der Waals surface area contributed by atoms with Gasteiger partial charge >= 0.3 is 0 Å². The topological polar surface area (TPSA) is 9.23 Å². The molecule has 1 fully saturated rings. The molecule has 1 rings (SSSR count). The van der Waals surface area contributed by atoms with Crippen LogP contribution >= 0.6 is 23.2 Å². The summed E-state index contributed by atoms with van der Waals surface area (Å²) < 4.78 is 5.09. The van der Waals surface area contributed by atoms with Crippen LogP contribution in [0.3, 0.4) is 0 Å². The van der Waals surface area contributed by atoms with E-state index < -0.39 is 5.06 Å². The summed E-state index contributed by atoms with van der Waals surface area (Å²) in [6, 6.07) is 0. The molecule has 0 bridgehead atoms. The van der Waals surface area contributed by atoms with Crippen LogP contribution < -0.4 is 0 Å². The van der Waals surface area contributed by atoms with Gasteiger partial charge in [0.25, 0.3) is 0 Å². The fourth-order valence-electron chi connectivity index (χ4n) is 0.710. The molecule has 0 amide bonds. The van der Waals surface area contributed by atoms with E-state index in [-0.39, 0.29) is 5.38 Å². The first-order valence-electron chi connectivity index (χ1n) is 2.60. The lowest BCUT2D eigenvalue weighted by atomic mass is 10.2. The minimum Gasteiger partial charge on any atom is -0.358 e. The predicted molar refractivity (Wildman–Crippen MR) is 34.5 cm³/mol. The van der Waals surface area contributed by atoms with E-state index in [1.807, 2.05) is 0 Å². The molecule has 3 heteroatoms. The smallest absolute Gasteiger partial charge is 0.155 e. The molecule has 48 valence electrons. The van der Waals surface area contributed by atoms with Crippen LogP contribution in [0.5, 0.6) is 0 Å². The first-order valence-corrected chi connectivity index (χ1v) is 3.41. The molecule has 0 unspecified atom stereocenters. The van der Waals surface area contributed by atoms with E-state index in [2.05, 4.69) is 0 Å². The number of halogens is 2. The van der Waals surface area contributed by atoms with E-state index in [1.165, 1.54) is 0 Å². The lowest BCUT2D eigenvalue weighted by Gasteiger charge is -2.16. The fraction of sp³-hybridized carbons (Fsp3) is 1.00. The van der Waals surface area contributed by atoms with Crippen LogP contribution in [0.1, 0.15) is 13.3 Å². The lowest BCUT2D eigenvalue weighted by Crippen LogP contribution is -2.23. The maximum absolute atomic E-state index is 5.76. The van der Waals surface area contributed by atoms with E-state index in [9.17, 15) is 0 Å². The van der Waals surface area contributed by atoms with Gasteiger partial charge in [-0.15, -0.1) is 11.6 Å². The quantitative estimate of drug-likeness (QED) is 0.486. The molecule has 0 aromatic heterocycles. The van der Waals surface area contributed by atoms with Crippen molar-refractivity contribution in [1.82, 2.24) is 0 Å². The summed E-state index contributed by atoms with van der Waals surface area (Å²) in [5.74, 6) is 0. The van der Waals surface area contributed by atoms with E-state index in [1.54, 1.807) is 6.92 Å². The average Bonchev–Trinajstić information content (AvgIpc) is 1.86. The number of ether oxygens (including phenoxy) is 1. The van der Waals surface area contributed by atoms with Gasteiger partial charge in [-0.05, 0) is 13.3 Å². The second-order valence-electron chi connectivity index (χ2n) is 2.09. The molecule has 0 aromatic rings. The van der Waals surface area contributed by atoms with Gasteiger partial charge < -0.3 is 4.74 Å². The van der Waals surface area contributed by atoms with Crippen LogP contribution in [0, 0.1) is 0 Å². The summed E-state index contributed by atoms with van der Waals surface area (Å²) in [7, 11) is 0. The van der Waals surface area contributed by atoms with Crippen molar-refractivity contribution in [3.63, 3.8) is 0 Å². The Morgan fingerprint density at radius 1 is 1.75 bits per heavy atom. The number of hydrogen-bond acceptors (Lipinski definition) is 1. The van der Waals surface area contributed by atoms with Crippen molar-refractivity contribution in [1.29, 1.82) is 0 Å². The van der Waals surface area contributed by atoms with Crippen molar-refractivity contribution < 1.29 is 4.74 Å². The third kappa shape index (κ3) is 1.09. The molecule has 0 radical (unpaired) electrons. The summed E-state index contributed by atoms with van der Waals surface area (Å²) in [5.41, 5.74) is 0. The normalized spacial score (nSPS) is 47.6. The molecule has 1 nitrogen and oxygen atoms in total. The van der Waals surface area contributed by atoms with Gasteiger partial charge in [0.1, 0.15) is 0 Å². The highest BCUT2D eigenvalue weighted by Crippen LogP contribution is 2.33. The summed E-state index contributed by atoms with van der Waals surface area (Å²) in [6.45, 7) is 2.48. The van der Waals surface area contributed by atoms with Crippen LogP contribution in [0.15, 0.2) is 0 Å². The number of alkyl halides is 2. The molecule has 0 spiro atoms. The Kier molecular flexibility index (Phi) is 1.71. The van der Waals surface area contributed by atoms with Crippen LogP contribution in [0.25, 0.3) is 0 Å². The summed E-state index contributed by atoms with van der Waals surface area (Å²) in [6.07, 6.45) is 0.863. The van der Waals surface area contributed by atoms with E-state index >= 15 is 0 Å². The van der Waals surface area contributed by atoms with Gasteiger partial charge in [-0.25, -0.2) is 0 Å². The molecule has 1 saturated heterocycles. The minimum atomic E-state index is -0.610. The maximum Gasteiger partial charge on any atom is 0.155 e. The van der Waals surface area contributed by atoms with Gasteiger partial charge in [0.15, 0.2) is 5.06 Å². The Balaban J connectivity index is 2.54. The minimum absolute atomic E-state index is 0.0239.